The second-order valence-corrected chi connectivity index (χ2v) is 20.8. The molecule has 0 saturated heterocycles. The minimum atomic E-state index is -0.308. The zero-order valence-corrected chi connectivity index (χ0v) is 41.0. The lowest BCUT2D eigenvalue weighted by Crippen LogP contribution is -2.31. The van der Waals surface area contributed by atoms with Crippen molar-refractivity contribution in [2.24, 2.45) is 0 Å². The Morgan fingerprint density at radius 1 is 0.278 bits per heavy atom. The summed E-state index contributed by atoms with van der Waals surface area (Å²) in [5.74, 6) is 0. The first-order valence-electron chi connectivity index (χ1n) is 25.3. The molecule has 0 spiro atoms. The Morgan fingerprint density at radius 3 is 1.19 bits per heavy atom. The molecule has 2 heterocycles. The van der Waals surface area contributed by atoms with Crippen molar-refractivity contribution in [3.8, 4) is 33.4 Å². The monoisotopic (exact) mass is 920 g/mol. The summed E-state index contributed by atoms with van der Waals surface area (Å²) in [6.07, 6.45) is 0. The van der Waals surface area contributed by atoms with Crippen LogP contribution in [0, 0.1) is 0 Å². The molecule has 2 aliphatic heterocycles. The molecule has 12 aromatic carbocycles. The van der Waals surface area contributed by atoms with Crippen LogP contribution in [0.5, 0.6) is 0 Å². The van der Waals surface area contributed by atoms with Gasteiger partial charge in [-0.15, -0.1) is 0 Å². The van der Waals surface area contributed by atoms with E-state index < -0.39 is 0 Å². The third-order valence-electron chi connectivity index (χ3n) is 16.1. The molecule has 12 aromatic rings. The first-order valence-corrected chi connectivity index (χ1v) is 25.3. The first-order chi connectivity index (χ1) is 35.3. The summed E-state index contributed by atoms with van der Waals surface area (Å²) in [5.41, 5.74) is 19.3. The number of hydrogen-bond acceptors (Lipinski definition) is 2. The summed E-state index contributed by atoms with van der Waals surface area (Å²) in [4.78, 5) is 4.94. The highest BCUT2D eigenvalue weighted by molar-refractivity contribution is 6.20. The van der Waals surface area contributed by atoms with Gasteiger partial charge in [0.25, 0.3) is 0 Å². The van der Waals surface area contributed by atoms with Gasteiger partial charge in [-0.3, -0.25) is 0 Å². The predicted octanol–water partition coefficient (Wildman–Crippen LogP) is 19.5. The largest absolute Gasteiger partial charge is 0.310 e. The van der Waals surface area contributed by atoms with Crippen molar-refractivity contribution >= 4 is 77.2 Å². The van der Waals surface area contributed by atoms with E-state index in [0.717, 1.165) is 11.4 Å². The van der Waals surface area contributed by atoms with E-state index in [1.165, 1.54) is 121 Å². The summed E-state index contributed by atoms with van der Waals surface area (Å²) < 4.78 is 0. The van der Waals surface area contributed by atoms with Crippen LogP contribution in [0.25, 0.3) is 76.5 Å². The van der Waals surface area contributed by atoms with Gasteiger partial charge in [-0.1, -0.05) is 198 Å². The molecule has 0 atom stereocenters. The number of benzene rings is 12. The lowest BCUT2D eigenvalue weighted by atomic mass is 9.70. The van der Waals surface area contributed by atoms with Gasteiger partial charge >= 0.3 is 0 Å². The van der Waals surface area contributed by atoms with E-state index in [-0.39, 0.29) is 10.8 Å². The molecule has 2 heteroatoms. The van der Waals surface area contributed by atoms with Gasteiger partial charge in [0.15, 0.2) is 0 Å². The van der Waals surface area contributed by atoms with Crippen LogP contribution in [-0.4, -0.2) is 0 Å². The zero-order valence-electron chi connectivity index (χ0n) is 41.0. The Bertz CT molecular complexity index is 3960. The molecule has 342 valence electrons. The summed E-state index contributed by atoms with van der Waals surface area (Å²) in [6, 6.07) is 90.7. The smallest absolute Gasteiger partial charge is 0.0508 e. The normalized spacial score (nSPS) is 14.3. The van der Waals surface area contributed by atoms with E-state index in [9.17, 15) is 0 Å². The fourth-order valence-corrected chi connectivity index (χ4v) is 12.9. The molecule has 0 aromatic heterocycles. The standard InChI is InChI=1S/C70H52N2/c1-69(2)60-33-13-15-35-62(60)71(50-23-7-5-8-24-50)64-37-19-31-56(67(64)69)52-27-17-29-54-58(52)44-59-53(28-18-30-55(59)66(54)48-40-39-47-41-45-21-11-12-22-46(45)42-49(47)43-48)57-32-20-38-65-68(57)70(3,4)61-34-14-16-36-63(61)72(65)51-25-9-6-10-26-51/h5-44H,1-4H3. The second kappa shape index (κ2) is 15.9. The van der Waals surface area contributed by atoms with Crippen LogP contribution in [0.2, 0.25) is 0 Å². The molecule has 0 amide bonds. The van der Waals surface area contributed by atoms with E-state index in [0.29, 0.717) is 0 Å². The molecule has 14 rings (SSSR count). The van der Waals surface area contributed by atoms with Crippen LogP contribution >= 0.6 is 0 Å². The van der Waals surface area contributed by atoms with Crippen molar-refractivity contribution in [2.75, 3.05) is 9.80 Å². The van der Waals surface area contributed by atoms with Gasteiger partial charge in [0.2, 0.25) is 0 Å². The molecule has 0 aliphatic carbocycles. The van der Waals surface area contributed by atoms with Crippen LogP contribution in [-0.2, 0) is 10.8 Å². The molecule has 2 nitrogen and oxygen atoms in total. The fraction of sp³-hybridized carbons (Fsp3) is 0.0857. The summed E-state index contributed by atoms with van der Waals surface area (Å²) in [6.45, 7) is 9.65. The fourth-order valence-electron chi connectivity index (χ4n) is 12.9. The molecule has 0 unspecified atom stereocenters. The van der Waals surface area contributed by atoms with Gasteiger partial charge in [-0.05, 0) is 172 Å². The topological polar surface area (TPSA) is 6.48 Å². The Balaban J connectivity index is 1.08. The quantitative estimate of drug-likeness (QED) is 0.159. The third-order valence-corrected chi connectivity index (χ3v) is 16.1. The summed E-state index contributed by atoms with van der Waals surface area (Å²) >= 11 is 0. The van der Waals surface area contributed by atoms with Crippen LogP contribution < -0.4 is 9.80 Å². The highest BCUT2D eigenvalue weighted by Gasteiger charge is 2.41. The maximum absolute atomic E-state index is 2.53. The number of fused-ring (bicyclic) bond motifs is 8. The maximum Gasteiger partial charge on any atom is 0.0508 e. The van der Waals surface area contributed by atoms with Crippen molar-refractivity contribution in [1.29, 1.82) is 0 Å². The molecule has 0 fully saturated rings. The summed E-state index contributed by atoms with van der Waals surface area (Å²) in [7, 11) is 0. The Hall–Kier alpha value is -8.72. The Labute approximate surface area is 421 Å². The van der Waals surface area contributed by atoms with Crippen molar-refractivity contribution in [3.63, 3.8) is 0 Å². The minimum absolute atomic E-state index is 0.308. The van der Waals surface area contributed by atoms with Crippen LogP contribution in [0.15, 0.2) is 243 Å². The van der Waals surface area contributed by atoms with Crippen molar-refractivity contribution in [2.45, 2.75) is 38.5 Å². The van der Waals surface area contributed by atoms with E-state index in [2.05, 4.69) is 280 Å². The molecular formula is C70H52N2. The van der Waals surface area contributed by atoms with Crippen molar-refractivity contribution < 1.29 is 0 Å². The summed E-state index contributed by atoms with van der Waals surface area (Å²) in [5, 5.41) is 9.94. The average Bonchev–Trinajstić information content (AvgIpc) is 3.42. The van der Waals surface area contributed by atoms with Crippen molar-refractivity contribution in [3.05, 3.63) is 265 Å². The third kappa shape index (κ3) is 6.22. The second-order valence-electron chi connectivity index (χ2n) is 20.8. The number of rotatable bonds is 5. The van der Waals surface area contributed by atoms with Crippen molar-refractivity contribution in [1.82, 2.24) is 0 Å². The van der Waals surface area contributed by atoms with E-state index in [4.69, 9.17) is 0 Å². The average molecular weight is 921 g/mol. The first kappa shape index (κ1) is 42.2. The van der Waals surface area contributed by atoms with E-state index in [1.54, 1.807) is 0 Å². The lowest BCUT2D eigenvalue weighted by molar-refractivity contribution is 0.633. The predicted molar refractivity (Wildman–Crippen MR) is 306 cm³/mol. The van der Waals surface area contributed by atoms with E-state index in [1.807, 2.05) is 0 Å². The van der Waals surface area contributed by atoms with Crippen LogP contribution in [0.3, 0.4) is 0 Å². The van der Waals surface area contributed by atoms with Gasteiger partial charge in [-0.2, -0.15) is 0 Å². The van der Waals surface area contributed by atoms with Crippen LogP contribution in [0.4, 0.5) is 34.1 Å². The zero-order chi connectivity index (χ0) is 48.3. The lowest BCUT2D eigenvalue weighted by Gasteiger charge is -2.43. The number of para-hydroxylation sites is 4. The molecule has 0 N–H and O–H groups in total. The number of hydrogen-bond donors (Lipinski definition) is 0. The van der Waals surface area contributed by atoms with E-state index >= 15 is 0 Å². The molecule has 72 heavy (non-hydrogen) atoms. The SMILES string of the molecule is CC1(C)c2ccccc2N(c2ccccc2)c2cccc(-c3cccc4c(-c5ccc6cc7ccccc7cc6c5)c5cccc(-c6cccc7c6C(C)(C)c6ccccc6N7c6ccccc6)c5cc34)c21. The van der Waals surface area contributed by atoms with Gasteiger partial charge in [0.1, 0.15) is 0 Å². The van der Waals surface area contributed by atoms with Gasteiger partial charge in [0, 0.05) is 22.2 Å². The maximum atomic E-state index is 2.53. The molecule has 0 saturated carbocycles. The number of nitrogens with zero attached hydrogens (tertiary/aromatic N) is 2. The van der Waals surface area contributed by atoms with Gasteiger partial charge in [0.05, 0.1) is 22.7 Å². The van der Waals surface area contributed by atoms with Gasteiger partial charge < -0.3 is 9.80 Å². The van der Waals surface area contributed by atoms with Gasteiger partial charge in [-0.25, -0.2) is 0 Å². The Kier molecular flexibility index (Phi) is 9.32. The van der Waals surface area contributed by atoms with Crippen LogP contribution in [0.1, 0.15) is 49.9 Å². The molecule has 0 bridgehead atoms. The highest BCUT2D eigenvalue weighted by atomic mass is 15.2. The molecule has 0 radical (unpaired) electrons. The highest BCUT2D eigenvalue weighted by Crippen LogP contribution is 2.58. The molecular weight excluding hydrogens is 869 g/mol. The molecule has 2 aliphatic rings. The Morgan fingerprint density at radius 2 is 0.681 bits per heavy atom. The minimum Gasteiger partial charge on any atom is -0.310 e. The number of anilines is 6.